The molecule has 0 heterocycles. The Hall–Kier alpha value is -0.250. The van der Waals surface area contributed by atoms with Crippen LogP contribution < -0.4 is 4.74 Å². The van der Waals surface area contributed by atoms with Gasteiger partial charge in [0.1, 0.15) is 5.75 Å². The Balaban J connectivity index is 2.95. The third kappa shape index (κ3) is 2.59. The Kier molecular flexibility index (Phi) is 4.03. The molecule has 0 saturated carbocycles. The number of hydrogen-bond acceptors (Lipinski definition) is 1. The molecule has 1 rings (SSSR count). The van der Waals surface area contributed by atoms with Crippen molar-refractivity contribution in [1.29, 1.82) is 0 Å². The van der Waals surface area contributed by atoms with Gasteiger partial charge >= 0.3 is 0 Å². The van der Waals surface area contributed by atoms with Crippen LogP contribution in [0.1, 0.15) is 31.7 Å². The number of rotatable bonds is 3. The second-order valence-corrected chi connectivity index (χ2v) is 4.37. The lowest BCUT2D eigenvalue weighted by molar-refractivity contribution is 0.411. The maximum absolute atomic E-state index is 5.21. The summed E-state index contributed by atoms with van der Waals surface area (Å²) in [4.78, 5) is 0. The first-order valence-electron chi connectivity index (χ1n) is 4.52. The van der Waals surface area contributed by atoms with Crippen molar-refractivity contribution in [3.05, 3.63) is 27.3 Å². The summed E-state index contributed by atoms with van der Waals surface area (Å²) in [7, 11) is 1.71. The van der Waals surface area contributed by atoms with Crippen molar-refractivity contribution in [3.8, 4) is 5.75 Å². The van der Waals surface area contributed by atoms with Crippen LogP contribution in [0.15, 0.2) is 18.2 Å². The number of benzene rings is 1. The molecule has 1 unspecified atom stereocenters. The van der Waals surface area contributed by atoms with E-state index in [0.717, 1.165) is 5.75 Å². The molecule has 0 amide bonds. The molecule has 1 nitrogen and oxygen atoms in total. The Morgan fingerprint density at radius 1 is 1.46 bits per heavy atom. The van der Waals surface area contributed by atoms with Crippen molar-refractivity contribution in [2.75, 3.05) is 7.11 Å². The Bertz CT molecular complexity index is 283. The molecule has 0 spiro atoms. The third-order valence-electron chi connectivity index (χ3n) is 2.36. The average Bonchev–Trinajstić information content (AvgIpc) is 2.16. The summed E-state index contributed by atoms with van der Waals surface area (Å²) in [5.74, 6) is 1.60. The molecule has 0 aliphatic carbocycles. The summed E-state index contributed by atoms with van der Waals surface area (Å²) in [6.45, 7) is 4.46. The molecule has 0 aliphatic rings. The van der Waals surface area contributed by atoms with E-state index in [4.69, 9.17) is 4.74 Å². The summed E-state index contributed by atoms with van der Waals surface area (Å²) >= 11 is 2.31. The van der Waals surface area contributed by atoms with Gasteiger partial charge in [-0.25, -0.2) is 0 Å². The summed E-state index contributed by atoms with van der Waals surface area (Å²) in [5.41, 5.74) is 1.40. The molecule has 0 N–H and O–H groups in total. The minimum atomic E-state index is 0.638. The highest BCUT2D eigenvalue weighted by atomic mass is 127. The first kappa shape index (κ1) is 10.8. The lowest BCUT2D eigenvalue weighted by atomic mass is 9.99. The van der Waals surface area contributed by atoms with Crippen LogP contribution in [0.3, 0.4) is 0 Å². The van der Waals surface area contributed by atoms with Gasteiger partial charge in [-0.05, 0) is 52.6 Å². The molecule has 0 radical (unpaired) electrons. The van der Waals surface area contributed by atoms with Crippen LogP contribution in [0.2, 0.25) is 0 Å². The molecule has 72 valence electrons. The molecular weight excluding hydrogens is 275 g/mol. The molecule has 0 bridgehead atoms. The van der Waals surface area contributed by atoms with E-state index in [1.54, 1.807) is 7.11 Å². The van der Waals surface area contributed by atoms with Gasteiger partial charge in [-0.1, -0.05) is 19.9 Å². The standard InChI is InChI=1S/C11H15IO/c1-4-8(2)9-5-6-11(13-3)10(12)7-9/h5-8H,4H2,1-3H3. The van der Waals surface area contributed by atoms with Gasteiger partial charge in [-0.3, -0.25) is 0 Å². The quantitative estimate of drug-likeness (QED) is 0.769. The van der Waals surface area contributed by atoms with Gasteiger partial charge in [0.05, 0.1) is 10.7 Å². The van der Waals surface area contributed by atoms with Crippen molar-refractivity contribution in [2.24, 2.45) is 0 Å². The molecule has 0 aromatic heterocycles. The average molecular weight is 290 g/mol. The van der Waals surface area contributed by atoms with Crippen LogP contribution in [0.25, 0.3) is 0 Å². The number of ether oxygens (including phenoxy) is 1. The van der Waals surface area contributed by atoms with Gasteiger partial charge in [-0.15, -0.1) is 0 Å². The Morgan fingerprint density at radius 2 is 2.15 bits per heavy atom. The van der Waals surface area contributed by atoms with Crippen LogP contribution in [0, 0.1) is 3.57 Å². The van der Waals surface area contributed by atoms with Crippen LogP contribution in [0.4, 0.5) is 0 Å². The lowest BCUT2D eigenvalue weighted by Gasteiger charge is -2.11. The molecule has 0 aliphatic heterocycles. The number of methoxy groups -OCH3 is 1. The van der Waals surface area contributed by atoms with Crippen molar-refractivity contribution >= 4 is 22.6 Å². The van der Waals surface area contributed by atoms with E-state index in [9.17, 15) is 0 Å². The van der Waals surface area contributed by atoms with Gasteiger partial charge in [0.2, 0.25) is 0 Å². The van der Waals surface area contributed by atoms with Crippen LogP contribution in [-0.2, 0) is 0 Å². The molecule has 13 heavy (non-hydrogen) atoms. The van der Waals surface area contributed by atoms with Crippen LogP contribution >= 0.6 is 22.6 Å². The van der Waals surface area contributed by atoms with E-state index in [0.29, 0.717) is 5.92 Å². The zero-order valence-electron chi connectivity index (χ0n) is 8.30. The van der Waals surface area contributed by atoms with Gasteiger partial charge in [-0.2, -0.15) is 0 Å². The third-order valence-corrected chi connectivity index (χ3v) is 3.20. The molecule has 1 atom stereocenters. The molecule has 2 heteroatoms. The van der Waals surface area contributed by atoms with Gasteiger partial charge < -0.3 is 4.74 Å². The van der Waals surface area contributed by atoms with E-state index in [1.165, 1.54) is 15.6 Å². The van der Waals surface area contributed by atoms with E-state index in [2.05, 4.69) is 48.6 Å². The highest BCUT2D eigenvalue weighted by Crippen LogP contribution is 2.26. The maximum Gasteiger partial charge on any atom is 0.132 e. The SMILES string of the molecule is CCC(C)c1ccc(OC)c(I)c1. The zero-order valence-corrected chi connectivity index (χ0v) is 10.5. The monoisotopic (exact) mass is 290 g/mol. The predicted octanol–water partition coefficient (Wildman–Crippen LogP) is 3.81. The second kappa shape index (κ2) is 4.84. The molecular formula is C11H15IO. The summed E-state index contributed by atoms with van der Waals surface area (Å²) in [6, 6.07) is 6.39. The minimum Gasteiger partial charge on any atom is -0.496 e. The smallest absolute Gasteiger partial charge is 0.132 e. The first-order valence-corrected chi connectivity index (χ1v) is 5.60. The van der Waals surface area contributed by atoms with Crippen molar-refractivity contribution in [3.63, 3.8) is 0 Å². The largest absolute Gasteiger partial charge is 0.496 e. The Labute approximate surface area is 93.6 Å². The van der Waals surface area contributed by atoms with Crippen LogP contribution in [0.5, 0.6) is 5.75 Å². The van der Waals surface area contributed by atoms with Crippen molar-refractivity contribution in [2.45, 2.75) is 26.2 Å². The van der Waals surface area contributed by atoms with E-state index >= 15 is 0 Å². The topological polar surface area (TPSA) is 9.23 Å². The summed E-state index contributed by atoms with van der Waals surface area (Å²) in [6.07, 6.45) is 1.18. The van der Waals surface area contributed by atoms with Gasteiger partial charge in [0.15, 0.2) is 0 Å². The molecule has 0 fully saturated rings. The fraction of sp³-hybridized carbons (Fsp3) is 0.455. The van der Waals surface area contributed by atoms with Crippen LogP contribution in [-0.4, -0.2) is 7.11 Å². The highest BCUT2D eigenvalue weighted by Gasteiger charge is 2.05. The molecule has 1 aromatic carbocycles. The second-order valence-electron chi connectivity index (χ2n) is 3.20. The summed E-state index contributed by atoms with van der Waals surface area (Å²) in [5, 5.41) is 0. The number of halogens is 1. The predicted molar refractivity (Wildman–Crippen MR) is 64.4 cm³/mol. The maximum atomic E-state index is 5.21. The van der Waals surface area contributed by atoms with E-state index in [1.807, 2.05) is 6.07 Å². The van der Waals surface area contributed by atoms with Gasteiger partial charge in [0, 0.05) is 0 Å². The van der Waals surface area contributed by atoms with E-state index < -0.39 is 0 Å². The minimum absolute atomic E-state index is 0.638. The fourth-order valence-electron chi connectivity index (χ4n) is 1.22. The Morgan fingerprint density at radius 3 is 2.62 bits per heavy atom. The molecule has 1 aromatic rings. The fourth-order valence-corrected chi connectivity index (χ4v) is 1.98. The first-order chi connectivity index (χ1) is 6.19. The van der Waals surface area contributed by atoms with Crippen molar-refractivity contribution < 1.29 is 4.74 Å². The number of hydrogen-bond donors (Lipinski definition) is 0. The zero-order chi connectivity index (χ0) is 9.84. The lowest BCUT2D eigenvalue weighted by Crippen LogP contribution is -1.93. The highest BCUT2D eigenvalue weighted by molar-refractivity contribution is 14.1. The van der Waals surface area contributed by atoms with Crippen molar-refractivity contribution in [1.82, 2.24) is 0 Å². The molecule has 0 saturated heterocycles. The normalized spacial score (nSPS) is 12.6. The van der Waals surface area contributed by atoms with E-state index in [-0.39, 0.29) is 0 Å². The van der Waals surface area contributed by atoms with Gasteiger partial charge in [0.25, 0.3) is 0 Å². The summed E-state index contributed by atoms with van der Waals surface area (Å²) < 4.78 is 6.40.